The first-order valence-electron chi connectivity index (χ1n) is 9.55. The molecule has 1 aliphatic heterocycles. The second-order valence-corrected chi connectivity index (χ2v) is 6.79. The van der Waals surface area contributed by atoms with Crippen LogP contribution in [-0.2, 0) is 16.1 Å². The van der Waals surface area contributed by atoms with Gasteiger partial charge in [0.05, 0.1) is 13.2 Å². The van der Waals surface area contributed by atoms with Gasteiger partial charge in [-0.1, -0.05) is 24.3 Å². The first-order chi connectivity index (χ1) is 14.2. The van der Waals surface area contributed by atoms with Crippen LogP contribution in [0.4, 0.5) is 10.2 Å². The molecule has 6 nitrogen and oxygen atoms in total. The first-order valence-corrected chi connectivity index (χ1v) is 9.55. The molecule has 0 saturated carbocycles. The molecule has 0 bridgehead atoms. The highest BCUT2D eigenvalue weighted by Crippen LogP contribution is 2.26. The Kier molecular flexibility index (Phi) is 5.86. The maximum atomic E-state index is 12.9. The highest BCUT2D eigenvalue weighted by Gasteiger charge is 2.14. The third-order valence-electron chi connectivity index (χ3n) is 4.77. The highest BCUT2D eigenvalue weighted by molar-refractivity contribution is 5.86. The van der Waals surface area contributed by atoms with Gasteiger partial charge in [0.25, 0.3) is 5.91 Å². The molecule has 29 heavy (non-hydrogen) atoms. The van der Waals surface area contributed by atoms with Crippen LogP contribution in [-0.4, -0.2) is 43.8 Å². The fourth-order valence-electron chi connectivity index (χ4n) is 3.19. The first kappa shape index (κ1) is 19.1. The predicted molar refractivity (Wildman–Crippen MR) is 109 cm³/mol. The molecular formula is C22H22FN3O3. The molecule has 0 unspecified atom stereocenters. The van der Waals surface area contributed by atoms with E-state index in [1.165, 1.54) is 12.1 Å². The molecule has 0 aliphatic carbocycles. The minimum Gasteiger partial charge on any atom is -0.481 e. The van der Waals surface area contributed by atoms with E-state index in [9.17, 15) is 9.18 Å². The lowest BCUT2D eigenvalue weighted by Gasteiger charge is -2.28. The Morgan fingerprint density at radius 3 is 2.69 bits per heavy atom. The smallest absolute Gasteiger partial charge is 0.258 e. The molecule has 1 fully saturated rings. The third-order valence-corrected chi connectivity index (χ3v) is 4.77. The van der Waals surface area contributed by atoms with E-state index < -0.39 is 0 Å². The van der Waals surface area contributed by atoms with Gasteiger partial charge in [-0.05, 0) is 35.9 Å². The summed E-state index contributed by atoms with van der Waals surface area (Å²) < 4.78 is 24.1. The number of para-hydroxylation sites is 1. The van der Waals surface area contributed by atoms with Crippen LogP contribution in [0.2, 0.25) is 0 Å². The number of nitrogens with one attached hydrogen (secondary N) is 1. The Morgan fingerprint density at radius 2 is 1.90 bits per heavy atom. The Morgan fingerprint density at radius 1 is 1.10 bits per heavy atom. The molecule has 3 aromatic rings. The van der Waals surface area contributed by atoms with Crippen molar-refractivity contribution in [2.45, 2.75) is 6.54 Å². The maximum Gasteiger partial charge on any atom is 0.258 e. The monoisotopic (exact) mass is 395 g/mol. The normalized spacial score (nSPS) is 14.0. The molecule has 4 rings (SSSR count). The Hall–Kier alpha value is -3.19. The van der Waals surface area contributed by atoms with Gasteiger partial charge in [0, 0.05) is 25.0 Å². The van der Waals surface area contributed by atoms with Gasteiger partial charge in [0.2, 0.25) is 0 Å². The lowest BCUT2D eigenvalue weighted by Crippen LogP contribution is -2.36. The van der Waals surface area contributed by atoms with Crippen molar-refractivity contribution in [3.8, 4) is 5.75 Å². The number of pyridine rings is 1. The number of carbonyl (C=O) groups excluding carboxylic acids is 1. The van der Waals surface area contributed by atoms with Crippen molar-refractivity contribution in [2.24, 2.45) is 0 Å². The van der Waals surface area contributed by atoms with Crippen molar-refractivity contribution in [1.82, 2.24) is 10.3 Å². The number of amides is 1. The van der Waals surface area contributed by atoms with Gasteiger partial charge in [0.15, 0.2) is 6.61 Å². The zero-order valence-electron chi connectivity index (χ0n) is 15.9. The fourth-order valence-corrected chi connectivity index (χ4v) is 3.19. The second-order valence-electron chi connectivity index (χ2n) is 6.79. The Labute approximate surface area is 168 Å². The molecule has 2 aromatic carbocycles. The SMILES string of the molecule is O=C(COc1cccc2ccc(N3CCOCC3)nc12)NCc1ccc(F)cc1. The van der Waals surface area contributed by atoms with Crippen molar-refractivity contribution in [3.05, 3.63) is 66.0 Å². The molecule has 1 aliphatic rings. The molecular weight excluding hydrogens is 373 g/mol. The number of hydrogen-bond donors (Lipinski definition) is 1. The lowest BCUT2D eigenvalue weighted by molar-refractivity contribution is -0.123. The molecule has 2 heterocycles. The van der Waals surface area contributed by atoms with Gasteiger partial charge in [-0.2, -0.15) is 0 Å². The zero-order chi connectivity index (χ0) is 20.1. The minimum absolute atomic E-state index is 0.121. The van der Waals surface area contributed by atoms with Crippen molar-refractivity contribution in [1.29, 1.82) is 0 Å². The number of benzene rings is 2. The average Bonchev–Trinajstić information content (AvgIpc) is 2.77. The number of nitrogens with zero attached hydrogens (tertiary/aromatic N) is 2. The van der Waals surface area contributed by atoms with Gasteiger partial charge in [-0.15, -0.1) is 0 Å². The summed E-state index contributed by atoms with van der Waals surface area (Å²) in [6, 6.07) is 15.7. The zero-order valence-corrected chi connectivity index (χ0v) is 15.9. The maximum absolute atomic E-state index is 12.9. The third kappa shape index (κ3) is 4.81. The molecule has 150 valence electrons. The van der Waals surface area contributed by atoms with Crippen molar-refractivity contribution in [2.75, 3.05) is 37.8 Å². The topological polar surface area (TPSA) is 63.7 Å². The number of carbonyl (C=O) groups is 1. The molecule has 7 heteroatoms. The summed E-state index contributed by atoms with van der Waals surface area (Å²) in [5.74, 6) is 0.881. The van der Waals surface area contributed by atoms with Crippen LogP contribution < -0.4 is 15.0 Å². The minimum atomic E-state index is -0.302. The number of fused-ring (bicyclic) bond motifs is 1. The summed E-state index contributed by atoms with van der Waals surface area (Å²) in [5, 5.41) is 3.72. The number of hydrogen-bond acceptors (Lipinski definition) is 5. The Bertz CT molecular complexity index is 988. The van der Waals surface area contributed by atoms with E-state index in [0.29, 0.717) is 25.5 Å². The standard InChI is InChI=1S/C22H22FN3O3/c23-18-7-4-16(5-8-18)14-24-21(27)15-29-19-3-1-2-17-6-9-20(25-22(17)19)26-10-12-28-13-11-26/h1-9H,10-15H2,(H,24,27). The fraction of sp³-hybridized carbons (Fsp3) is 0.273. The van der Waals surface area contributed by atoms with Crippen molar-refractivity contribution >= 4 is 22.6 Å². The summed E-state index contributed by atoms with van der Waals surface area (Å²) in [6.07, 6.45) is 0. The van der Waals surface area contributed by atoms with Crippen LogP contribution in [0.25, 0.3) is 10.9 Å². The number of halogens is 1. The van der Waals surface area contributed by atoms with E-state index in [4.69, 9.17) is 14.5 Å². The summed E-state index contributed by atoms with van der Waals surface area (Å²) in [7, 11) is 0. The molecule has 1 N–H and O–H groups in total. The summed E-state index contributed by atoms with van der Waals surface area (Å²) in [6.45, 7) is 3.17. The quantitative estimate of drug-likeness (QED) is 0.695. The number of aromatic nitrogens is 1. The molecule has 0 spiro atoms. The van der Waals surface area contributed by atoms with Crippen molar-refractivity contribution in [3.63, 3.8) is 0 Å². The van der Waals surface area contributed by atoms with E-state index in [-0.39, 0.29) is 18.3 Å². The number of morpholine rings is 1. The second kappa shape index (κ2) is 8.87. The summed E-state index contributed by atoms with van der Waals surface area (Å²) in [5.41, 5.74) is 1.55. The van der Waals surface area contributed by atoms with E-state index in [1.54, 1.807) is 12.1 Å². The predicted octanol–water partition coefficient (Wildman–Crippen LogP) is 2.91. The summed E-state index contributed by atoms with van der Waals surface area (Å²) in [4.78, 5) is 19.1. The molecule has 1 saturated heterocycles. The van der Waals surface area contributed by atoms with Gasteiger partial charge < -0.3 is 19.7 Å². The number of rotatable bonds is 6. The summed E-state index contributed by atoms with van der Waals surface area (Å²) >= 11 is 0. The van der Waals surface area contributed by atoms with Gasteiger partial charge >= 0.3 is 0 Å². The molecule has 1 amide bonds. The average molecular weight is 395 g/mol. The van der Waals surface area contributed by atoms with Crippen LogP contribution in [0.3, 0.4) is 0 Å². The van der Waals surface area contributed by atoms with Crippen LogP contribution in [0.15, 0.2) is 54.6 Å². The molecule has 1 aromatic heterocycles. The van der Waals surface area contributed by atoms with Crippen LogP contribution in [0.5, 0.6) is 5.75 Å². The number of ether oxygens (including phenoxy) is 2. The van der Waals surface area contributed by atoms with Gasteiger partial charge in [-0.3, -0.25) is 4.79 Å². The van der Waals surface area contributed by atoms with E-state index in [2.05, 4.69) is 10.2 Å². The van der Waals surface area contributed by atoms with E-state index in [1.807, 2.05) is 30.3 Å². The molecule has 0 atom stereocenters. The van der Waals surface area contributed by atoms with Crippen molar-refractivity contribution < 1.29 is 18.7 Å². The number of anilines is 1. The van der Waals surface area contributed by atoms with E-state index >= 15 is 0 Å². The van der Waals surface area contributed by atoms with Gasteiger partial charge in [-0.25, -0.2) is 9.37 Å². The van der Waals surface area contributed by atoms with Gasteiger partial charge in [0.1, 0.15) is 22.9 Å². The Balaban J connectivity index is 1.41. The largest absolute Gasteiger partial charge is 0.481 e. The van der Waals surface area contributed by atoms with Crippen LogP contribution in [0.1, 0.15) is 5.56 Å². The highest BCUT2D eigenvalue weighted by atomic mass is 19.1. The van der Waals surface area contributed by atoms with Crippen LogP contribution in [0, 0.1) is 5.82 Å². The lowest BCUT2D eigenvalue weighted by atomic mass is 10.2. The van der Waals surface area contributed by atoms with E-state index in [0.717, 1.165) is 35.4 Å². The molecule has 0 radical (unpaired) electrons. The van der Waals surface area contributed by atoms with Crippen LogP contribution >= 0.6 is 0 Å².